The summed E-state index contributed by atoms with van der Waals surface area (Å²) in [6.45, 7) is 0. The smallest absolute Gasteiger partial charge is 0.255 e. The van der Waals surface area contributed by atoms with Crippen LogP contribution in [0.25, 0.3) is 0 Å². The van der Waals surface area contributed by atoms with Gasteiger partial charge in [-0.25, -0.2) is 4.98 Å². The van der Waals surface area contributed by atoms with E-state index in [-0.39, 0.29) is 0 Å². The van der Waals surface area contributed by atoms with E-state index < -0.39 is 11.7 Å². The molecule has 0 saturated carbocycles. The SMILES string of the molecule is Oc1cc(Br)cnc1F. The summed E-state index contributed by atoms with van der Waals surface area (Å²) in [4.78, 5) is 3.21. The average Bonchev–Trinajstić information content (AvgIpc) is 1.80. The molecular formula is C5H3BrFNO. The molecule has 0 atom stereocenters. The molecule has 0 aliphatic heterocycles. The van der Waals surface area contributed by atoms with Crippen molar-refractivity contribution < 1.29 is 9.50 Å². The van der Waals surface area contributed by atoms with E-state index in [0.717, 1.165) is 0 Å². The minimum atomic E-state index is -0.849. The van der Waals surface area contributed by atoms with Crippen molar-refractivity contribution in [1.29, 1.82) is 0 Å². The van der Waals surface area contributed by atoms with Gasteiger partial charge in [-0.05, 0) is 15.9 Å². The lowest BCUT2D eigenvalue weighted by atomic mass is 10.5. The number of hydrogen-bond acceptors (Lipinski definition) is 2. The highest BCUT2D eigenvalue weighted by Crippen LogP contribution is 2.17. The lowest BCUT2D eigenvalue weighted by Gasteiger charge is -1.91. The lowest BCUT2D eigenvalue weighted by Crippen LogP contribution is -1.80. The maximum atomic E-state index is 12.1. The number of halogens is 2. The van der Waals surface area contributed by atoms with Crippen LogP contribution >= 0.6 is 15.9 Å². The van der Waals surface area contributed by atoms with Crippen LogP contribution < -0.4 is 0 Å². The number of aromatic hydroxyl groups is 1. The second-order valence-corrected chi connectivity index (χ2v) is 2.38. The van der Waals surface area contributed by atoms with Gasteiger partial charge in [-0.1, -0.05) is 0 Å². The van der Waals surface area contributed by atoms with Gasteiger partial charge in [0.2, 0.25) is 0 Å². The topological polar surface area (TPSA) is 33.1 Å². The highest BCUT2D eigenvalue weighted by atomic mass is 79.9. The van der Waals surface area contributed by atoms with Gasteiger partial charge in [0.25, 0.3) is 5.95 Å². The summed E-state index contributed by atoms with van der Waals surface area (Å²) in [6, 6.07) is 1.24. The molecule has 1 rings (SSSR count). The molecule has 2 nitrogen and oxygen atoms in total. The van der Waals surface area contributed by atoms with Crippen LogP contribution in [0.2, 0.25) is 0 Å². The standard InChI is InChI=1S/C5H3BrFNO/c6-3-1-4(9)5(7)8-2-3/h1-2,9H. The van der Waals surface area contributed by atoms with Crippen LogP contribution in [0.1, 0.15) is 0 Å². The normalized spacial score (nSPS) is 9.56. The van der Waals surface area contributed by atoms with Crippen LogP contribution in [-0.2, 0) is 0 Å². The summed E-state index contributed by atoms with van der Waals surface area (Å²) in [5, 5.41) is 8.63. The predicted molar refractivity (Wildman–Crippen MR) is 33.6 cm³/mol. The van der Waals surface area contributed by atoms with Gasteiger partial charge in [0.15, 0.2) is 5.75 Å². The molecule has 0 aliphatic carbocycles. The van der Waals surface area contributed by atoms with E-state index in [1.807, 2.05) is 0 Å². The van der Waals surface area contributed by atoms with Crippen molar-refractivity contribution in [1.82, 2.24) is 4.98 Å². The summed E-state index contributed by atoms with van der Waals surface area (Å²) in [6.07, 6.45) is 1.27. The molecule has 0 radical (unpaired) electrons. The predicted octanol–water partition coefficient (Wildman–Crippen LogP) is 1.69. The van der Waals surface area contributed by atoms with Gasteiger partial charge < -0.3 is 5.11 Å². The highest BCUT2D eigenvalue weighted by molar-refractivity contribution is 9.10. The number of nitrogens with zero attached hydrogens (tertiary/aromatic N) is 1. The molecule has 0 aromatic carbocycles. The van der Waals surface area contributed by atoms with Gasteiger partial charge in [0.05, 0.1) is 0 Å². The number of pyridine rings is 1. The highest BCUT2D eigenvalue weighted by Gasteiger charge is 1.98. The molecule has 0 fully saturated rings. The number of aromatic nitrogens is 1. The number of rotatable bonds is 0. The molecule has 0 aliphatic rings. The van der Waals surface area contributed by atoms with Crippen molar-refractivity contribution in [2.24, 2.45) is 0 Å². The second kappa shape index (κ2) is 2.31. The molecule has 1 heterocycles. The minimum Gasteiger partial charge on any atom is -0.504 e. The fraction of sp³-hybridized carbons (Fsp3) is 0. The third-order valence-electron chi connectivity index (χ3n) is 0.787. The lowest BCUT2D eigenvalue weighted by molar-refractivity contribution is 0.418. The van der Waals surface area contributed by atoms with Gasteiger partial charge in [0, 0.05) is 16.7 Å². The van der Waals surface area contributed by atoms with Crippen molar-refractivity contribution in [2.75, 3.05) is 0 Å². The molecule has 4 heteroatoms. The van der Waals surface area contributed by atoms with Crippen molar-refractivity contribution in [3.8, 4) is 5.75 Å². The molecule has 9 heavy (non-hydrogen) atoms. The molecule has 1 aromatic heterocycles. The Bertz CT molecular complexity index is 228. The first-order valence-corrected chi connectivity index (χ1v) is 2.99. The van der Waals surface area contributed by atoms with Crippen molar-refractivity contribution in [3.63, 3.8) is 0 Å². The van der Waals surface area contributed by atoms with Gasteiger partial charge >= 0.3 is 0 Å². The van der Waals surface area contributed by atoms with Gasteiger partial charge in [-0.2, -0.15) is 4.39 Å². The van der Waals surface area contributed by atoms with E-state index in [0.29, 0.717) is 4.47 Å². The maximum Gasteiger partial charge on any atom is 0.255 e. The Hall–Kier alpha value is -0.640. The summed E-state index contributed by atoms with van der Waals surface area (Å²) in [7, 11) is 0. The van der Waals surface area contributed by atoms with Gasteiger partial charge in [0.1, 0.15) is 0 Å². The fourth-order valence-electron chi connectivity index (χ4n) is 0.412. The second-order valence-electron chi connectivity index (χ2n) is 1.46. The molecule has 0 saturated heterocycles. The van der Waals surface area contributed by atoms with Crippen LogP contribution in [0.4, 0.5) is 4.39 Å². The van der Waals surface area contributed by atoms with E-state index in [4.69, 9.17) is 5.11 Å². The maximum absolute atomic E-state index is 12.1. The third kappa shape index (κ3) is 1.38. The Labute approximate surface area is 59.5 Å². The Morgan fingerprint density at radius 1 is 1.67 bits per heavy atom. The fourth-order valence-corrected chi connectivity index (χ4v) is 0.731. The molecule has 1 N–H and O–H groups in total. The van der Waals surface area contributed by atoms with Gasteiger partial charge in [-0.3, -0.25) is 0 Å². The first-order valence-electron chi connectivity index (χ1n) is 2.20. The van der Waals surface area contributed by atoms with Crippen LogP contribution in [0, 0.1) is 5.95 Å². The van der Waals surface area contributed by atoms with E-state index in [1.165, 1.54) is 12.3 Å². The zero-order valence-corrected chi connectivity index (χ0v) is 5.89. The molecule has 0 amide bonds. The molecule has 0 spiro atoms. The van der Waals surface area contributed by atoms with Crippen molar-refractivity contribution in [3.05, 3.63) is 22.7 Å². The summed E-state index contributed by atoms with van der Waals surface area (Å²) >= 11 is 3.01. The van der Waals surface area contributed by atoms with E-state index in [1.54, 1.807) is 0 Å². The molecular weight excluding hydrogens is 189 g/mol. The largest absolute Gasteiger partial charge is 0.504 e. The minimum absolute atomic E-state index is 0.440. The Balaban J connectivity index is 3.17. The van der Waals surface area contributed by atoms with Crippen LogP contribution in [0.5, 0.6) is 5.75 Å². The van der Waals surface area contributed by atoms with Crippen LogP contribution in [0.15, 0.2) is 16.7 Å². The van der Waals surface area contributed by atoms with Gasteiger partial charge in [-0.15, -0.1) is 0 Å². The first-order chi connectivity index (χ1) is 4.20. The Morgan fingerprint density at radius 2 is 2.33 bits per heavy atom. The van der Waals surface area contributed by atoms with Crippen LogP contribution in [-0.4, -0.2) is 10.1 Å². The molecule has 48 valence electrons. The first kappa shape index (κ1) is 6.48. The third-order valence-corrected chi connectivity index (χ3v) is 1.22. The summed E-state index contributed by atoms with van der Waals surface area (Å²) < 4.78 is 12.7. The average molecular weight is 192 g/mol. The quantitative estimate of drug-likeness (QED) is 0.634. The van der Waals surface area contributed by atoms with E-state index >= 15 is 0 Å². The molecule has 0 bridgehead atoms. The van der Waals surface area contributed by atoms with Crippen molar-refractivity contribution >= 4 is 15.9 Å². The van der Waals surface area contributed by atoms with Crippen LogP contribution in [0.3, 0.4) is 0 Å². The van der Waals surface area contributed by atoms with E-state index in [2.05, 4.69) is 20.9 Å². The zero-order chi connectivity index (χ0) is 6.85. The van der Waals surface area contributed by atoms with Crippen molar-refractivity contribution in [2.45, 2.75) is 0 Å². The zero-order valence-electron chi connectivity index (χ0n) is 4.31. The summed E-state index contributed by atoms with van der Waals surface area (Å²) in [5.74, 6) is -1.29. The monoisotopic (exact) mass is 191 g/mol. The van der Waals surface area contributed by atoms with E-state index in [9.17, 15) is 4.39 Å². The summed E-state index contributed by atoms with van der Waals surface area (Å²) in [5.41, 5.74) is 0. The number of hydrogen-bond donors (Lipinski definition) is 1. The molecule has 1 aromatic rings. The Morgan fingerprint density at radius 3 is 2.78 bits per heavy atom. The Kier molecular flexibility index (Phi) is 1.66. The molecule has 0 unspecified atom stereocenters.